The molecule has 6 rings (SSSR count). The van der Waals surface area contributed by atoms with E-state index in [1.807, 2.05) is 65.1 Å². The van der Waals surface area contributed by atoms with Gasteiger partial charge in [-0.1, -0.05) is 87.3 Å². The number of benzene rings is 2. The Balaban J connectivity index is 0.000000289. The van der Waals surface area contributed by atoms with Crippen molar-refractivity contribution in [2.75, 3.05) is 0 Å². The van der Waals surface area contributed by atoms with Gasteiger partial charge in [-0.05, 0) is 84.2 Å². The molecule has 0 saturated carbocycles. The van der Waals surface area contributed by atoms with Gasteiger partial charge in [0.15, 0.2) is 5.78 Å². The number of carbonyl (C=O) groups excluding carboxylic acids is 1. The molecule has 52 heavy (non-hydrogen) atoms. The third-order valence-corrected chi connectivity index (χ3v) is 13.3. The van der Waals surface area contributed by atoms with Gasteiger partial charge < -0.3 is 9.52 Å². The van der Waals surface area contributed by atoms with E-state index in [1.54, 1.807) is 11.3 Å². The molecule has 4 nitrogen and oxygen atoms in total. The van der Waals surface area contributed by atoms with Crippen molar-refractivity contribution in [1.82, 2.24) is 4.98 Å². The van der Waals surface area contributed by atoms with Crippen LogP contribution in [0.2, 0.25) is 0 Å². The van der Waals surface area contributed by atoms with Crippen molar-refractivity contribution in [2.24, 2.45) is 16.7 Å². The standard InChI is InChI=1S/C30H28NOS2.C15H28O2.Ir/c1-16(2)13-20-17(3)34-24-8-7-22-26(25(20)24)27-23(32-22)9-11-31-28(27)19-14-18-10-12-33-29(18)21(15-19)30(4,5)6;1-7-14(5,8-2)12(16)11-13(17)15(6,9-3)10-4;/h7-12,15-16H,13H2,1-6H3;11,16H,7-10H2,1-6H3;/q-1;;/b;12-11-;. The minimum absolute atomic E-state index is 0. The quantitative estimate of drug-likeness (QED) is 0.0845. The van der Waals surface area contributed by atoms with Crippen molar-refractivity contribution in [3.8, 4) is 11.3 Å². The van der Waals surface area contributed by atoms with E-state index in [0.717, 1.165) is 65.3 Å². The largest absolute Gasteiger partial charge is 0.512 e. The molecule has 0 atom stereocenters. The maximum absolute atomic E-state index is 12.2. The molecule has 6 aromatic rings. The molecule has 4 aromatic heterocycles. The zero-order valence-electron chi connectivity index (χ0n) is 33.1. The Morgan fingerprint density at radius 1 is 0.923 bits per heavy atom. The van der Waals surface area contributed by atoms with Crippen LogP contribution in [-0.4, -0.2) is 15.9 Å². The fourth-order valence-corrected chi connectivity index (χ4v) is 8.99. The number of pyridine rings is 1. The Labute approximate surface area is 332 Å². The number of allylic oxidation sites excluding steroid dienone is 2. The first kappa shape index (κ1) is 41.9. The first-order chi connectivity index (χ1) is 24.0. The van der Waals surface area contributed by atoms with Gasteiger partial charge in [0.05, 0.1) is 0 Å². The minimum atomic E-state index is -0.337. The number of furan rings is 1. The molecule has 0 aliphatic rings. The van der Waals surface area contributed by atoms with Crippen LogP contribution < -0.4 is 0 Å². The molecule has 0 aliphatic carbocycles. The summed E-state index contributed by atoms with van der Waals surface area (Å²) in [4.78, 5) is 18.5. The molecule has 2 aromatic carbocycles. The van der Waals surface area contributed by atoms with Gasteiger partial charge in [-0.2, -0.15) is 11.3 Å². The van der Waals surface area contributed by atoms with E-state index in [2.05, 4.69) is 77.3 Å². The fourth-order valence-electron chi connectivity index (χ4n) is 6.81. The molecule has 0 spiro atoms. The molecule has 1 radical (unpaired) electrons. The summed E-state index contributed by atoms with van der Waals surface area (Å²) in [5.41, 5.74) is 6.05. The third kappa shape index (κ3) is 7.99. The average molecular weight is 915 g/mol. The molecule has 4 heterocycles. The van der Waals surface area contributed by atoms with E-state index in [1.165, 1.54) is 42.3 Å². The van der Waals surface area contributed by atoms with Crippen molar-refractivity contribution < 1.29 is 34.4 Å². The SMILES string of the molecule is CCC(C)(CC)C(=O)/C=C(\O)C(C)(CC)CC.Cc1sc2ccc3oc4ccnc(-c5[c-]c6ccsc6c(C(C)(C)C)c5)c4c3c2c1CC(C)C.[Ir]. The van der Waals surface area contributed by atoms with Crippen LogP contribution in [0.15, 0.2) is 58.2 Å². The molecule has 281 valence electrons. The topological polar surface area (TPSA) is 63.3 Å². The molecular weight excluding hydrogens is 859 g/mol. The molecule has 0 unspecified atom stereocenters. The Morgan fingerprint density at radius 2 is 1.56 bits per heavy atom. The zero-order valence-corrected chi connectivity index (χ0v) is 37.1. The molecule has 0 saturated heterocycles. The summed E-state index contributed by atoms with van der Waals surface area (Å²) in [5.74, 6) is 0.875. The number of aliphatic hydroxyl groups excluding tert-OH is 1. The van der Waals surface area contributed by atoms with Crippen LogP contribution >= 0.6 is 22.7 Å². The number of hydrogen-bond donors (Lipinski definition) is 1. The Kier molecular flexibility index (Phi) is 13.1. The molecule has 1 N–H and O–H groups in total. The molecular formula is C45H56IrNO3S2-. The van der Waals surface area contributed by atoms with Gasteiger partial charge in [0, 0.05) is 74.6 Å². The van der Waals surface area contributed by atoms with Gasteiger partial charge in [-0.3, -0.25) is 9.78 Å². The second-order valence-electron chi connectivity index (χ2n) is 16.1. The summed E-state index contributed by atoms with van der Waals surface area (Å²) < 4.78 is 9.05. The summed E-state index contributed by atoms with van der Waals surface area (Å²) in [6.07, 6.45) is 7.69. The van der Waals surface area contributed by atoms with Gasteiger partial charge in [0.25, 0.3) is 0 Å². The van der Waals surface area contributed by atoms with Gasteiger partial charge in [-0.15, -0.1) is 34.9 Å². The van der Waals surface area contributed by atoms with E-state index in [4.69, 9.17) is 9.40 Å². The number of rotatable bonds is 10. The van der Waals surface area contributed by atoms with Crippen LogP contribution in [0.1, 0.15) is 118 Å². The molecule has 0 fully saturated rings. The number of fused-ring (bicyclic) bond motifs is 6. The predicted molar refractivity (Wildman–Crippen MR) is 222 cm³/mol. The van der Waals surface area contributed by atoms with Crippen LogP contribution in [0.5, 0.6) is 0 Å². The number of nitrogens with zero attached hydrogens (tertiary/aromatic N) is 1. The maximum atomic E-state index is 12.2. The molecule has 7 heteroatoms. The number of thiophene rings is 2. The number of carbonyl (C=O) groups is 1. The second kappa shape index (κ2) is 16.3. The zero-order chi connectivity index (χ0) is 37.5. The van der Waals surface area contributed by atoms with E-state index >= 15 is 0 Å². The van der Waals surface area contributed by atoms with Gasteiger partial charge in [-0.25, -0.2) is 0 Å². The number of ketones is 1. The van der Waals surface area contributed by atoms with Crippen molar-refractivity contribution in [3.63, 3.8) is 0 Å². The Bertz CT molecular complexity index is 2220. The maximum Gasteiger partial charge on any atom is 0.164 e. The van der Waals surface area contributed by atoms with Gasteiger partial charge in [0.2, 0.25) is 0 Å². The number of aryl methyl sites for hydroxylation is 1. The minimum Gasteiger partial charge on any atom is -0.512 e. The van der Waals surface area contributed by atoms with Crippen LogP contribution in [0.25, 0.3) is 53.4 Å². The first-order valence-electron chi connectivity index (χ1n) is 18.6. The van der Waals surface area contributed by atoms with Crippen LogP contribution in [-0.2, 0) is 36.7 Å². The summed E-state index contributed by atoms with van der Waals surface area (Å²) in [6.45, 7) is 25.8. The van der Waals surface area contributed by atoms with Crippen LogP contribution in [0.4, 0.5) is 0 Å². The summed E-state index contributed by atoms with van der Waals surface area (Å²) >= 11 is 3.69. The summed E-state index contributed by atoms with van der Waals surface area (Å²) in [7, 11) is 0. The third-order valence-electron chi connectivity index (χ3n) is 11.2. The van der Waals surface area contributed by atoms with Crippen LogP contribution in [0.3, 0.4) is 0 Å². The van der Waals surface area contributed by atoms with Crippen LogP contribution in [0, 0.1) is 29.7 Å². The summed E-state index contributed by atoms with van der Waals surface area (Å²) in [6, 6.07) is 14.5. The monoisotopic (exact) mass is 915 g/mol. The van der Waals surface area contributed by atoms with Crippen molar-refractivity contribution in [2.45, 2.75) is 121 Å². The Hall–Kier alpha value is -2.83. The van der Waals surface area contributed by atoms with E-state index in [9.17, 15) is 9.90 Å². The molecule has 0 amide bonds. The van der Waals surface area contributed by atoms with Crippen molar-refractivity contribution in [3.05, 3.63) is 75.8 Å². The van der Waals surface area contributed by atoms with Gasteiger partial charge in [0.1, 0.15) is 16.9 Å². The molecule has 0 aliphatic heterocycles. The number of hydrogen-bond acceptors (Lipinski definition) is 6. The number of aliphatic hydroxyl groups is 1. The normalized spacial score (nSPS) is 12.9. The summed E-state index contributed by atoms with van der Waals surface area (Å²) in [5, 5.41) is 17.1. The predicted octanol–water partition coefficient (Wildman–Crippen LogP) is 14.3. The van der Waals surface area contributed by atoms with E-state index in [-0.39, 0.29) is 47.9 Å². The second-order valence-corrected chi connectivity index (χ2v) is 18.3. The first-order valence-corrected chi connectivity index (χ1v) is 20.3. The van der Waals surface area contributed by atoms with Crippen molar-refractivity contribution in [1.29, 1.82) is 0 Å². The Morgan fingerprint density at radius 3 is 2.15 bits per heavy atom. The van der Waals surface area contributed by atoms with E-state index < -0.39 is 0 Å². The average Bonchev–Trinajstić information content (AvgIpc) is 3.81. The van der Waals surface area contributed by atoms with E-state index in [0.29, 0.717) is 5.92 Å². The van der Waals surface area contributed by atoms with Gasteiger partial charge >= 0.3 is 0 Å². The smallest absolute Gasteiger partial charge is 0.164 e. The number of aromatic nitrogens is 1. The molecule has 0 bridgehead atoms. The van der Waals surface area contributed by atoms with Crippen molar-refractivity contribution >= 4 is 70.6 Å². The fraction of sp³-hybridized carbons (Fsp3) is 0.467.